The summed E-state index contributed by atoms with van der Waals surface area (Å²) in [6.45, 7) is 2.88. The number of aliphatic hydroxyl groups excluding tert-OH is 1. The van der Waals surface area contributed by atoms with Crippen molar-refractivity contribution < 1.29 is 14.6 Å². The van der Waals surface area contributed by atoms with Crippen molar-refractivity contribution in [3.8, 4) is 5.75 Å². The van der Waals surface area contributed by atoms with Crippen LogP contribution in [0, 0.1) is 0 Å². The van der Waals surface area contributed by atoms with Crippen LogP contribution in [0.4, 0.5) is 5.69 Å². The van der Waals surface area contributed by atoms with Crippen molar-refractivity contribution in [3.63, 3.8) is 0 Å². The number of unbranched alkanes of at least 4 members (excludes halogenated alkanes) is 1. The Hall–Kier alpha value is -1.55. The number of aliphatic hydroxyl groups is 1. The van der Waals surface area contributed by atoms with E-state index in [1.165, 1.54) is 0 Å². The lowest BCUT2D eigenvalue weighted by Crippen LogP contribution is -2.39. The van der Waals surface area contributed by atoms with E-state index < -0.39 is 0 Å². The number of fused-ring (bicyclic) bond motifs is 1. The molecule has 0 atom stereocenters. The van der Waals surface area contributed by atoms with Gasteiger partial charge in [-0.3, -0.25) is 4.79 Å². The summed E-state index contributed by atoms with van der Waals surface area (Å²) in [5, 5.41) is 9.12. The Kier molecular flexibility index (Phi) is 3.64. The molecule has 17 heavy (non-hydrogen) atoms. The summed E-state index contributed by atoms with van der Waals surface area (Å²) < 4.78 is 5.37. The van der Waals surface area contributed by atoms with Gasteiger partial charge in [0.15, 0.2) is 6.61 Å². The van der Waals surface area contributed by atoms with Crippen molar-refractivity contribution in [2.24, 2.45) is 0 Å². The van der Waals surface area contributed by atoms with E-state index in [4.69, 9.17) is 9.84 Å². The molecular formula is C13H17NO3. The number of hydrogen-bond acceptors (Lipinski definition) is 3. The quantitative estimate of drug-likeness (QED) is 0.864. The molecular weight excluding hydrogens is 218 g/mol. The Balaban J connectivity index is 2.31. The molecule has 4 nitrogen and oxygen atoms in total. The van der Waals surface area contributed by atoms with Crippen LogP contribution < -0.4 is 9.64 Å². The van der Waals surface area contributed by atoms with Crippen LogP contribution in [-0.2, 0) is 11.4 Å². The van der Waals surface area contributed by atoms with Gasteiger partial charge in [0.25, 0.3) is 5.91 Å². The van der Waals surface area contributed by atoms with Gasteiger partial charge in [0.2, 0.25) is 0 Å². The molecule has 2 rings (SSSR count). The lowest BCUT2D eigenvalue weighted by Gasteiger charge is -2.29. The number of nitrogens with zero attached hydrogens (tertiary/aromatic N) is 1. The van der Waals surface area contributed by atoms with Gasteiger partial charge in [0.1, 0.15) is 5.75 Å². The fourth-order valence-corrected chi connectivity index (χ4v) is 1.91. The normalized spacial score (nSPS) is 14.5. The number of hydrogen-bond donors (Lipinski definition) is 1. The van der Waals surface area contributed by atoms with Crippen LogP contribution >= 0.6 is 0 Å². The van der Waals surface area contributed by atoms with Gasteiger partial charge in [-0.1, -0.05) is 19.4 Å². The number of amides is 1. The maximum absolute atomic E-state index is 11.8. The van der Waals surface area contributed by atoms with Crippen LogP contribution in [0.1, 0.15) is 25.3 Å². The zero-order valence-electron chi connectivity index (χ0n) is 9.98. The highest BCUT2D eigenvalue weighted by molar-refractivity contribution is 5.97. The molecule has 92 valence electrons. The van der Waals surface area contributed by atoms with Crippen LogP contribution in [0.15, 0.2) is 18.2 Å². The van der Waals surface area contributed by atoms with Crippen molar-refractivity contribution in [2.45, 2.75) is 26.4 Å². The van der Waals surface area contributed by atoms with Crippen molar-refractivity contribution in [2.75, 3.05) is 18.1 Å². The van der Waals surface area contributed by atoms with Crippen molar-refractivity contribution >= 4 is 11.6 Å². The van der Waals surface area contributed by atoms with Crippen molar-refractivity contribution in [1.82, 2.24) is 0 Å². The molecule has 0 bridgehead atoms. The molecule has 0 spiro atoms. The Morgan fingerprint density at radius 3 is 3.00 bits per heavy atom. The number of carbonyl (C=O) groups excluding carboxylic acids is 1. The predicted octanol–water partition coefficient (Wildman–Crippen LogP) is 1.70. The molecule has 1 heterocycles. The van der Waals surface area contributed by atoms with Crippen LogP contribution in [0.3, 0.4) is 0 Å². The molecule has 0 aliphatic carbocycles. The molecule has 1 aliphatic rings. The van der Waals surface area contributed by atoms with Crippen molar-refractivity contribution in [3.05, 3.63) is 23.8 Å². The fourth-order valence-electron chi connectivity index (χ4n) is 1.91. The molecule has 1 aromatic rings. The highest BCUT2D eigenvalue weighted by atomic mass is 16.5. The summed E-state index contributed by atoms with van der Waals surface area (Å²) in [5.41, 5.74) is 1.57. The minimum absolute atomic E-state index is 0.0129. The highest BCUT2D eigenvalue weighted by Gasteiger charge is 2.24. The van der Waals surface area contributed by atoms with Gasteiger partial charge in [0.05, 0.1) is 12.3 Å². The second-order valence-corrected chi connectivity index (χ2v) is 4.15. The van der Waals surface area contributed by atoms with E-state index in [1.54, 1.807) is 4.90 Å². The number of benzene rings is 1. The first-order chi connectivity index (χ1) is 8.26. The predicted molar refractivity (Wildman–Crippen MR) is 65.1 cm³/mol. The smallest absolute Gasteiger partial charge is 0.265 e. The second-order valence-electron chi connectivity index (χ2n) is 4.15. The van der Waals surface area contributed by atoms with E-state index >= 15 is 0 Å². The first-order valence-corrected chi connectivity index (χ1v) is 5.93. The molecule has 1 N–H and O–H groups in total. The Morgan fingerprint density at radius 2 is 2.29 bits per heavy atom. The van der Waals surface area contributed by atoms with Gasteiger partial charge < -0.3 is 14.7 Å². The summed E-state index contributed by atoms with van der Waals surface area (Å²) in [7, 11) is 0. The zero-order chi connectivity index (χ0) is 12.3. The monoisotopic (exact) mass is 235 g/mol. The molecule has 0 saturated heterocycles. The summed E-state index contributed by atoms with van der Waals surface area (Å²) in [4.78, 5) is 13.6. The Bertz CT molecular complexity index is 417. The molecule has 4 heteroatoms. The van der Waals surface area contributed by atoms with Gasteiger partial charge in [0, 0.05) is 6.54 Å². The van der Waals surface area contributed by atoms with Gasteiger partial charge in [-0.25, -0.2) is 0 Å². The lowest BCUT2D eigenvalue weighted by molar-refractivity contribution is -0.121. The van der Waals surface area contributed by atoms with Crippen LogP contribution in [0.5, 0.6) is 5.75 Å². The van der Waals surface area contributed by atoms with E-state index in [-0.39, 0.29) is 19.1 Å². The van der Waals surface area contributed by atoms with E-state index in [2.05, 4.69) is 6.92 Å². The van der Waals surface area contributed by atoms with E-state index in [0.717, 1.165) is 29.8 Å². The van der Waals surface area contributed by atoms with Gasteiger partial charge in [-0.05, 0) is 24.1 Å². The maximum Gasteiger partial charge on any atom is 0.265 e. The van der Waals surface area contributed by atoms with E-state index in [0.29, 0.717) is 6.54 Å². The summed E-state index contributed by atoms with van der Waals surface area (Å²) in [6, 6.07) is 5.45. The van der Waals surface area contributed by atoms with Gasteiger partial charge in [-0.2, -0.15) is 0 Å². The molecule has 1 aliphatic heterocycles. The minimum atomic E-state index is -0.0247. The van der Waals surface area contributed by atoms with E-state index in [1.807, 2.05) is 18.2 Å². The summed E-state index contributed by atoms with van der Waals surface area (Å²) >= 11 is 0. The zero-order valence-corrected chi connectivity index (χ0v) is 9.98. The first-order valence-electron chi connectivity index (χ1n) is 5.93. The molecule has 0 aromatic heterocycles. The van der Waals surface area contributed by atoms with Gasteiger partial charge >= 0.3 is 0 Å². The summed E-state index contributed by atoms with van der Waals surface area (Å²) in [6.07, 6.45) is 2.01. The third-order valence-corrected chi connectivity index (χ3v) is 2.88. The van der Waals surface area contributed by atoms with Gasteiger partial charge in [-0.15, -0.1) is 0 Å². The number of carbonyl (C=O) groups is 1. The van der Waals surface area contributed by atoms with Crippen LogP contribution in [0.25, 0.3) is 0 Å². The molecule has 1 aromatic carbocycles. The highest BCUT2D eigenvalue weighted by Crippen LogP contribution is 2.33. The fraction of sp³-hybridized carbons (Fsp3) is 0.462. The second kappa shape index (κ2) is 5.19. The molecule has 0 unspecified atom stereocenters. The maximum atomic E-state index is 11.8. The topological polar surface area (TPSA) is 49.8 Å². The Morgan fingerprint density at radius 1 is 1.47 bits per heavy atom. The number of anilines is 1. The Labute approximate surface area is 101 Å². The van der Waals surface area contributed by atoms with Crippen molar-refractivity contribution in [1.29, 1.82) is 0 Å². The molecule has 0 radical (unpaired) electrons. The minimum Gasteiger partial charge on any atom is -0.482 e. The third kappa shape index (κ3) is 2.42. The number of rotatable bonds is 4. The lowest BCUT2D eigenvalue weighted by atomic mass is 10.1. The molecule has 1 amide bonds. The molecule has 0 saturated carbocycles. The van der Waals surface area contributed by atoms with Crippen LogP contribution in [-0.4, -0.2) is 24.2 Å². The third-order valence-electron chi connectivity index (χ3n) is 2.88. The largest absolute Gasteiger partial charge is 0.482 e. The number of ether oxygens (including phenoxy) is 1. The standard InChI is InChI=1S/C13H17NO3/c1-2-3-6-14-11-7-10(8-15)4-5-12(11)17-9-13(14)16/h4-5,7,15H,2-3,6,8-9H2,1H3. The average molecular weight is 235 g/mol. The van der Waals surface area contributed by atoms with Crippen LogP contribution in [0.2, 0.25) is 0 Å². The molecule has 0 fully saturated rings. The first kappa shape index (κ1) is 11.9. The summed E-state index contributed by atoms with van der Waals surface area (Å²) in [5.74, 6) is 0.707. The van der Waals surface area contributed by atoms with E-state index in [9.17, 15) is 4.79 Å². The average Bonchev–Trinajstić information content (AvgIpc) is 2.37. The SMILES string of the molecule is CCCCN1C(=O)COc2ccc(CO)cc21.